The Bertz CT molecular complexity index is 340. The first-order valence-corrected chi connectivity index (χ1v) is 7.16. The molecule has 4 heteroatoms. The van der Waals surface area contributed by atoms with Gasteiger partial charge in [-0.25, -0.2) is 0 Å². The zero-order valence-corrected chi connectivity index (χ0v) is 11.4. The number of methoxy groups -OCH3 is 2. The van der Waals surface area contributed by atoms with Crippen LogP contribution in [0.15, 0.2) is 0 Å². The van der Waals surface area contributed by atoms with Crippen molar-refractivity contribution in [2.24, 2.45) is 11.8 Å². The molecule has 1 amide bonds. The number of carbonyl (C=O) groups is 1. The van der Waals surface area contributed by atoms with Crippen LogP contribution in [0.25, 0.3) is 0 Å². The summed E-state index contributed by atoms with van der Waals surface area (Å²) >= 11 is 0. The molecule has 0 aromatic heterocycles. The largest absolute Gasteiger partial charge is 0.345 e. The number of ether oxygens (including phenoxy) is 2. The van der Waals surface area contributed by atoms with Gasteiger partial charge in [-0.15, -0.1) is 0 Å². The van der Waals surface area contributed by atoms with E-state index in [-0.39, 0.29) is 11.8 Å². The van der Waals surface area contributed by atoms with Gasteiger partial charge in [0, 0.05) is 32.7 Å². The SMILES string of the molecule is COC1(OC)C(=O)N2CCCC[C@@H]3CCC[C@@H]1[C@H]32. The number of hydrogen-bond donors (Lipinski definition) is 0. The highest BCUT2D eigenvalue weighted by Gasteiger charge is 2.63. The number of amides is 1. The van der Waals surface area contributed by atoms with E-state index in [0.29, 0.717) is 12.0 Å². The van der Waals surface area contributed by atoms with Gasteiger partial charge in [0.1, 0.15) is 0 Å². The molecule has 102 valence electrons. The summed E-state index contributed by atoms with van der Waals surface area (Å²) in [6, 6.07) is 0.355. The maximum atomic E-state index is 12.7. The summed E-state index contributed by atoms with van der Waals surface area (Å²) in [6.45, 7) is 0.880. The molecule has 0 aromatic rings. The lowest BCUT2D eigenvalue weighted by Gasteiger charge is -2.38. The zero-order chi connectivity index (χ0) is 12.8. The lowest BCUT2D eigenvalue weighted by Crippen LogP contribution is -2.48. The molecule has 3 aliphatic rings. The Morgan fingerprint density at radius 2 is 1.83 bits per heavy atom. The van der Waals surface area contributed by atoms with E-state index in [0.717, 1.165) is 19.4 Å². The normalized spacial score (nSPS) is 38.4. The highest BCUT2D eigenvalue weighted by Crippen LogP contribution is 2.49. The van der Waals surface area contributed by atoms with Crippen molar-refractivity contribution >= 4 is 5.91 Å². The molecule has 3 rings (SSSR count). The van der Waals surface area contributed by atoms with Gasteiger partial charge >= 0.3 is 0 Å². The van der Waals surface area contributed by atoms with Gasteiger partial charge in [-0.1, -0.05) is 12.8 Å². The van der Waals surface area contributed by atoms with Crippen molar-refractivity contribution in [3.8, 4) is 0 Å². The Labute approximate surface area is 109 Å². The van der Waals surface area contributed by atoms with Gasteiger partial charge in [-0.3, -0.25) is 4.79 Å². The number of carbonyl (C=O) groups excluding carboxylic acids is 1. The molecule has 0 aromatic carbocycles. The Kier molecular flexibility index (Phi) is 3.10. The van der Waals surface area contributed by atoms with Crippen molar-refractivity contribution in [1.82, 2.24) is 4.90 Å². The molecule has 1 aliphatic carbocycles. The van der Waals surface area contributed by atoms with E-state index in [4.69, 9.17) is 9.47 Å². The molecule has 0 radical (unpaired) electrons. The third kappa shape index (κ3) is 1.48. The quantitative estimate of drug-likeness (QED) is 0.704. The zero-order valence-electron chi connectivity index (χ0n) is 11.4. The summed E-state index contributed by atoms with van der Waals surface area (Å²) in [7, 11) is 3.22. The fourth-order valence-electron chi connectivity index (χ4n) is 4.47. The van der Waals surface area contributed by atoms with Crippen LogP contribution in [-0.4, -0.2) is 43.4 Å². The first-order chi connectivity index (χ1) is 8.74. The molecule has 0 bridgehead atoms. The minimum absolute atomic E-state index is 0.0660. The molecule has 18 heavy (non-hydrogen) atoms. The molecule has 0 spiro atoms. The van der Waals surface area contributed by atoms with Gasteiger partial charge in [0.05, 0.1) is 0 Å². The second-order valence-electron chi connectivity index (χ2n) is 5.86. The van der Waals surface area contributed by atoms with Gasteiger partial charge in [0.25, 0.3) is 11.7 Å². The standard InChI is InChI=1S/C14H23NO3/c1-17-14(18-2)11-8-5-7-10-6-3-4-9-15(12(10)11)13(14)16/h10-12H,3-9H2,1-2H3/t10-,11-,12+/m1/s1. The Balaban J connectivity index is 2.01. The van der Waals surface area contributed by atoms with Crippen molar-refractivity contribution in [2.45, 2.75) is 50.4 Å². The molecule has 2 saturated heterocycles. The fourth-order valence-corrected chi connectivity index (χ4v) is 4.47. The molecule has 2 aliphatic heterocycles. The van der Waals surface area contributed by atoms with Gasteiger partial charge < -0.3 is 14.4 Å². The summed E-state index contributed by atoms with van der Waals surface area (Å²) in [5, 5.41) is 0. The van der Waals surface area contributed by atoms with E-state index >= 15 is 0 Å². The molecule has 4 nitrogen and oxygen atoms in total. The summed E-state index contributed by atoms with van der Waals surface area (Å²) < 4.78 is 11.1. The van der Waals surface area contributed by atoms with Crippen LogP contribution >= 0.6 is 0 Å². The maximum Gasteiger partial charge on any atom is 0.283 e. The number of hydrogen-bond acceptors (Lipinski definition) is 3. The molecule has 1 saturated carbocycles. The molecule has 2 heterocycles. The van der Waals surface area contributed by atoms with Crippen molar-refractivity contribution in [3.05, 3.63) is 0 Å². The lowest BCUT2D eigenvalue weighted by molar-refractivity contribution is -0.225. The molecule has 3 fully saturated rings. The average molecular weight is 253 g/mol. The summed E-state index contributed by atoms with van der Waals surface area (Å²) in [5.74, 6) is -0.0590. The van der Waals surface area contributed by atoms with Crippen LogP contribution in [0.2, 0.25) is 0 Å². The number of rotatable bonds is 2. The molecule has 0 unspecified atom stereocenters. The summed E-state index contributed by atoms with van der Waals surface area (Å²) in [4.78, 5) is 14.8. The predicted molar refractivity (Wildman–Crippen MR) is 66.9 cm³/mol. The second-order valence-corrected chi connectivity index (χ2v) is 5.86. The third-order valence-corrected chi connectivity index (χ3v) is 5.22. The van der Waals surface area contributed by atoms with E-state index in [2.05, 4.69) is 4.90 Å². The fraction of sp³-hybridized carbons (Fsp3) is 0.929. The van der Waals surface area contributed by atoms with E-state index in [1.807, 2.05) is 0 Å². The van der Waals surface area contributed by atoms with E-state index in [9.17, 15) is 4.79 Å². The van der Waals surface area contributed by atoms with Crippen LogP contribution in [0.4, 0.5) is 0 Å². The van der Waals surface area contributed by atoms with Gasteiger partial charge in [0.2, 0.25) is 0 Å². The Hall–Kier alpha value is -0.610. The van der Waals surface area contributed by atoms with Gasteiger partial charge in [-0.2, -0.15) is 0 Å². The van der Waals surface area contributed by atoms with E-state index in [1.165, 1.54) is 25.7 Å². The van der Waals surface area contributed by atoms with Crippen LogP contribution in [0.3, 0.4) is 0 Å². The third-order valence-electron chi connectivity index (χ3n) is 5.22. The van der Waals surface area contributed by atoms with Crippen LogP contribution in [0.5, 0.6) is 0 Å². The lowest BCUT2D eigenvalue weighted by atomic mass is 9.74. The van der Waals surface area contributed by atoms with Crippen molar-refractivity contribution in [3.63, 3.8) is 0 Å². The molecule has 3 atom stereocenters. The van der Waals surface area contributed by atoms with E-state index < -0.39 is 5.79 Å². The smallest absolute Gasteiger partial charge is 0.283 e. The summed E-state index contributed by atoms with van der Waals surface area (Å²) in [5.41, 5.74) is 0. The van der Waals surface area contributed by atoms with Crippen molar-refractivity contribution in [2.75, 3.05) is 20.8 Å². The highest BCUT2D eigenvalue weighted by atomic mass is 16.7. The molecular weight excluding hydrogens is 230 g/mol. The monoisotopic (exact) mass is 253 g/mol. The van der Waals surface area contributed by atoms with Crippen molar-refractivity contribution in [1.29, 1.82) is 0 Å². The molecule has 0 N–H and O–H groups in total. The average Bonchev–Trinajstić information content (AvgIpc) is 2.56. The van der Waals surface area contributed by atoms with Crippen LogP contribution < -0.4 is 0 Å². The molecular formula is C14H23NO3. The maximum absolute atomic E-state index is 12.7. The Morgan fingerprint density at radius 3 is 2.56 bits per heavy atom. The van der Waals surface area contributed by atoms with Gasteiger partial charge in [-0.05, 0) is 31.6 Å². The minimum atomic E-state index is -0.999. The first kappa shape index (κ1) is 12.4. The first-order valence-electron chi connectivity index (χ1n) is 7.16. The van der Waals surface area contributed by atoms with Crippen LogP contribution in [-0.2, 0) is 14.3 Å². The predicted octanol–water partition coefficient (Wildman–Crippen LogP) is 1.79. The minimum Gasteiger partial charge on any atom is -0.345 e. The summed E-state index contributed by atoms with van der Waals surface area (Å²) in [6.07, 6.45) is 7.13. The van der Waals surface area contributed by atoms with Crippen LogP contribution in [0, 0.1) is 11.8 Å². The second kappa shape index (κ2) is 4.49. The van der Waals surface area contributed by atoms with E-state index in [1.54, 1.807) is 14.2 Å². The van der Waals surface area contributed by atoms with Crippen LogP contribution in [0.1, 0.15) is 38.5 Å². The topological polar surface area (TPSA) is 38.8 Å². The van der Waals surface area contributed by atoms with Gasteiger partial charge in [0.15, 0.2) is 0 Å². The van der Waals surface area contributed by atoms with Crippen molar-refractivity contribution < 1.29 is 14.3 Å². The highest BCUT2D eigenvalue weighted by molar-refractivity contribution is 5.87. The Morgan fingerprint density at radius 1 is 1.11 bits per heavy atom. The number of nitrogens with zero attached hydrogens (tertiary/aromatic N) is 1.